The van der Waals surface area contributed by atoms with Crippen LogP contribution < -0.4 is 11.1 Å². The molecule has 9 heteroatoms. The molecule has 0 saturated heterocycles. The third-order valence-electron chi connectivity index (χ3n) is 4.48. The van der Waals surface area contributed by atoms with Gasteiger partial charge in [-0.15, -0.1) is 11.3 Å². The van der Waals surface area contributed by atoms with Crippen LogP contribution in [-0.4, -0.2) is 24.9 Å². The molecule has 8 nitrogen and oxygen atoms in total. The normalized spacial score (nSPS) is 11.2. The van der Waals surface area contributed by atoms with E-state index in [0.717, 1.165) is 17.0 Å². The Bertz CT molecular complexity index is 1370. The van der Waals surface area contributed by atoms with Gasteiger partial charge in [0, 0.05) is 18.8 Å². The summed E-state index contributed by atoms with van der Waals surface area (Å²) in [5.74, 6) is -0.575. The highest BCUT2D eigenvalue weighted by Gasteiger charge is 2.20. The predicted molar refractivity (Wildman–Crippen MR) is 105 cm³/mol. The summed E-state index contributed by atoms with van der Waals surface area (Å²) in [5, 5.41) is 0.416. The molecule has 4 rings (SSSR count). The Balaban J connectivity index is 1.63. The van der Waals surface area contributed by atoms with Crippen LogP contribution in [0.5, 0.6) is 0 Å². The second kappa shape index (κ2) is 6.68. The summed E-state index contributed by atoms with van der Waals surface area (Å²) in [7, 11) is 1.61. The zero-order valence-corrected chi connectivity index (χ0v) is 16.2. The highest BCUT2D eigenvalue weighted by atomic mass is 32.1. The van der Waals surface area contributed by atoms with Gasteiger partial charge in [-0.3, -0.25) is 14.0 Å². The first-order valence-corrected chi connectivity index (χ1v) is 9.28. The van der Waals surface area contributed by atoms with E-state index in [9.17, 15) is 14.4 Å². The van der Waals surface area contributed by atoms with Crippen molar-refractivity contribution < 1.29 is 9.53 Å². The maximum atomic E-state index is 12.5. The molecule has 0 fully saturated rings. The number of ether oxygens (including phenoxy) is 1. The van der Waals surface area contributed by atoms with Crippen molar-refractivity contribution in [1.29, 1.82) is 0 Å². The lowest BCUT2D eigenvalue weighted by Crippen LogP contribution is -2.18. The van der Waals surface area contributed by atoms with E-state index >= 15 is 0 Å². The van der Waals surface area contributed by atoms with Crippen LogP contribution in [0.1, 0.15) is 26.6 Å². The largest absolute Gasteiger partial charge is 0.455 e. The third kappa shape index (κ3) is 2.89. The lowest BCUT2D eigenvalue weighted by atomic mass is 10.2. The van der Waals surface area contributed by atoms with Crippen molar-refractivity contribution >= 4 is 33.2 Å². The molecule has 0 radical (unpaired) electrons. The van der Waals surface area contributed by atoms with Gasteiger partial charge in [0.05, 0.1) is 17.4 Å². The number of pyridine rings is 1. The van der Waals surface area contributed by atoms with Gasteiger partial charge in [0.2, 0.25) is 0 Å². The van der Waals surface area contributed by atoms with Gasteiger partial charge in [-0.05, 0) is 31.5 Å². The molecule has 0 aliphatic heterocycles. The molecule has 0 bridgehead atoms. The van der Waals surface area contributed by atoms with Crippen LogP contribution in [0.4, 0.5) is 0 Å². The maximum Gasteiger partial charge on any atom is 0.349 e. The third-order valence-corrected chi connectivity index (χ3v) is 5.66. The number of aromatic nitrogens is 4. The number of thiophene rings is 1. The van der Waals surface area contributed by atoms with Crippen LogP contribution in [0, 0.1) is 13.8 Å². The Labute approximate surface area is 162 Å². The number of hydrogen-bond acceptors (Lipinski definition) is 7. The fraction of sp³-hybridized carbons (Fsp3) is 0.211. The predicted octanol–water partition coefficient (Wildman–Crippen LogP) is 1.98. The van der Waals surface area contributed by atoms with Crippen molar-refractivity contribution in [2.45, 2.75) is 20.5 Å². The highest BCUT2D eigenvalue weighted by Crippen LogP contribution is 2.27. The molecule has 0 spiro atoms. The minimum Gasteiger partial charge on any atom is -0.455 e. The average Bonchev–Trinajstić information content (AvgIpc) is 3.00. The van der Waals surface area contributed by atoms with Crippen LogP contribution in [0.3, 0.4) is 0 Å². The maximum absolute atomic E-state index is 12.5. The summed E-state index contributed by atoms with van der Waals surface area (Å²) in [5.41, 5.74) is 1.72. The number of esters is 1. The molecule has 0 saturated carbocycles. The van der Waals surface area contributed by atoms with Crippen molar-refractivity contribution in [3.63, 3.8) is 0 Å². The first-order valence-electron chi connectivity index (χ1n) is 8.47. The number of nitrogens with zero attached hydrogens (tertiary/aromatic N) is 4. The van der Waals surface area contributed by atoms with Crippen LogP contribution in [0.25, 0.3) is 15.9 Å². The molecule has 0 aliphatic carbocycles. The summed E-state index contributed by atoms with van der Waals surface area (Å²) >= 11 is 1.11. The van der Waals surface area contributed by atoms with Crippen LogP contribution >= 0.6 is 11.3 Å². The second-order valence-electron chi connectivity index (χ2n) is 6.42. The number of fused-ring (bicyclic) bond motifs is 2. The lowest BCUT2D eigenvalue weighted by molar-refractivity contribution is 0.0473. The Morgan fingerprint density at radius 1 is 1.25 bits per heavy atom. The van der Waals surface area contributed by atoms with Crippen molar-refractivity contribution in [2.24, 2.45) is 7.05 Å². The molecule has 0 amide bonds. The Morgan fingerprint density at radius 3 is 2.82 bits per heavy atom. The minimum atomic E-state index is -0.575. The molecule has 4 aromatic rings. The first kappa shape index (κ1) is 18.1. The molecule has 142 valence electrons. The van der Waals surface area contributed by atoms with Crippen LogP contribution in [0.15, 0.2) is 40.2 Å². The van der Waals surface area contributed by atoms with E-state index in [-0.39, 0.29) is 17.7 Å². The summed E-state index contributed by atoms with van der Waals surface area (Å²) in [6.07, 6.45) is 1.42. The van der Waals surface area contributed by atoms with Crippen molar-refractivity contribution in [1.82, 2.24) is 18.9 Å². The van der Waals surface area contributed by atoms with Gasteiger partial charge >= 0.3 is 5.97 Å². The van der Waals surface area contributed by atoms with E-state index in [1.54, 1.807) is 26.1 Å². The molecule has 0 atom stereocenters. The van der Waals surface area contributed by atoms with Crippen molar-refractivity contribution in [3.8, 4) is 0 Å². The van der Waals surface area contributed by atoms with Gasteiger partial charge < -0.3 is 9.30 Å². The molecule has 0 aromatic carbocycles. The topological polar surface area (TPSA) is 95.6 Å². The number of carbonyl (C=O) groups excluding carboxylic acids is 1. The fourth-order valence-corrected chi connectivity index (χ4v) is 4.08. The number of hydrogen-bond donors (Lipinski definition) is 0. The lowest BCUT2D eigenvalue weighted by Gasteiger charge is -2.07. The van der Waals surface area contributed by atoms with E-state index in [4.69, 9.17) is 4.74 Å². The van der Waals surface area contributed by atoms with E-state index in [1.807, 2.05) is 13.0 Å². The van der Waals surface area contributed by atoms with Gasteiger partial charge in [0.1, 0.15) is 22.0 Å². The van der Waals surface area contributed by atoms with Gasteiger partial charge in [-0.25, -0.2) is 14.8 Å². The molecule has 0 aliphatic rings. The number of aryl methyl sites for hydroxylation is 3. The van der Waals surface area contributed by atoms with Crippen LogP contribution in [-0.2, 0) is 18.4 Å². The molecular weight excluding hydrogens is 380 g/mol. The Hall–Kier alpha value is -3.33. The molecule has 0 unspecified atom stereocenters. The van der Waals surface area contributed by atoms with Crippen molar-refractivity contribution in [2.75, 3.05) is 0 Å². The van der Waals surface area contributed by atoms with Crippen molar-refractivity contribution in [3.05, 3.63) is 73.1 Å². The Kier molecular flexibility index (Phi) is 4.31. The zero-order valence-electron chi connectivity index (χ0n) is 15.4. The van der Waals surface area contributed by atoms with Gasteiger partial charge in [0.25, 0.3) is 11.1 Å². The summed E-state index contributed by atoms with van der Waals surface area (Å²) in [6.45, 7) is 3.37. The monoisotopic (exact) mass is 396 g/mol. The Morgan fingerprint density at radius 2 is 2.04 bits per heavy atom. The average molecular weight is 396 g/mol. The minimum absolute atomic E-state index is 0.141. The molecule has 0 N–H and O–H groups in total. The summed E-state index contributed by atoms with van der Waals surface area (Å²) in [6, 6.07) is 6.69. The van der Waals surface area contributed by atoms with E-state index in [0.29, 0.717) is 32.0 Å². The number of carbonyl (C=O) groups is 1. The first-order chi connectivity index (χ1) is 13.4. The zero-order chi connectivity index (χ0) is 20.0. The smallest absolute Gasteiger partial charge is 0.349 e. The quantitative estimate of drug-likeness (QED) is 0.492. The summed E-state index contributed by atoms with van der Waals surface area (Å²) in [4.78, 5) is 46.5. The van der Waals surface area contributed by atoms with E-state index in [1.165, 1.54) is 21.4 Å². The molecule has 28 heavy (non-hydrogen) atoms. The second-order valence-corrected chi connectivity index (χ2v) is 7.42. The van der Waals surface area contributed by atoms with Crippen LogP contribution in [0.2, 0.25) is 0 Å². The molecule has 4 heterocycles. The SMILES string of the molecule is Cc1c(C(=O)OCc2cc(=O)n3c(C)cccc3n2)sc2ncn(C)c(=O)c12. The van der Waals surface area contributed by atoms with Gasteiger partial charge in [-0.1, -0.05) is 6.07 Å². The highest BCUT2D eigenvalue weighted by molar-refractivity contribution is 7.20. The van der Waals surface area contributed by atoms with Gasteiger partial charge in [-0.2, -0.15) is 0 Å². The molecule has 4 aromatic heterocycles. The summed E-state index contributed by atoms with van der Waals surface area (Å²) < 4.78 is 8.21. The van der Waals surface area contributed by atoms with Gasteiger partial charge in [0.15, 0.2) is 0 Å². The number of rotatable bonds is 3. The molecular formula is C19H16N4O4S. The van der Waals surface area contributed by atoms with E-state index < -0.39 is 5.97 Å². The standard InChI is InChI=1S/C19H16N4O4S/c1-10-5-4-6-13-21-12(7-14(24)23(10)13)8-27-19(26)16-11(2)15-17(28-16)20-9-22(3)18(15)25/h4-7,9H,8H2,1-3H3. The van der Waals surface area contributed by atoms with E-state index in [2.05, 4.69) is 9.97 Å². The fourth-order valence-electron chi connectivity index (χ4n) is 3.05.